The highest BCUT2D eigenvalue weighted by atomic mass is 32.2. The van der Waals surface area contributed by atoms with Gasteiger partial charge in [-0.3, -0.25) is 4.79 Å². The minimum atomic E-state index is -3.55. The number of sulfonamides is 1. The highest BCUT2D eigenvalue weighted by Gasteiger charge is 2.33. The number of aryl methyl sites for hydroxylation is 3. The number of carbonyl (C=O) groups excluding carboxylic acids is 1. The van der Waals surface area contributed by atoms with E-state index in [4.69, 9.17) is 0 Å². The molecule has 170 valence electrons. The Morgan fingerprint density at radius 3 is 2.44 bits per heavy atom. The number of nitrogens with one attached hydrogen (secondary N) is 1. The monoisotopic (exact) mass is 470 g/mol. The highest BCUT2D eigenvalue weighted by molar-refractivity contribution is 7.89. The fourth-order valence-corrected chi connectivity index (χ4v) is 7.63. The molecule has 1 fully saturated rings. The number of hydrogen-bond acceptors (Lipinski definition) is 4. The third-order valence-corrected chi connectivity index (χ3v) is 9.50. The molecular formula is C25H30N2O3S2. The zero-order valence-corrected chi connectivity index (χ0v) is 20.5. The summed E-state index contributed by atoms with van der Waals surface area (Å²) in [4.78, 5) is 13.1. The first kappa shape index (κ1) is 23.0. The summed E-state index contributed by atoms with van der Waals surface area (Å²) in [6, 6.07) is 12.1. The predicted octanol–water partition coefficient (Wildman–Crippen LogP) is 4.59. The number of fused-ring (bicyclic) bond motifs is 1. The van der Waals surface area contributed by atoms with E-state index in [0.717, 1.165) is 23.1 Å². The summed E-state index contributed by atoms with van der Waals surface area (Å²) < 4.78 is 29.3. The van der Waals surface area contributed by atoms with Gasteiger partial charge in [0.25, 0.3) is 0 Å². The SMILES string of the molecule is Cc1cc(C)c(S(=O)(=O)N2CCC(C(=O)NCCc3csc4ccccc34)CC2)c(C)c1. The average molecular weight is 471 g/mol. The van der Waals surface area contributed by atoms with Gasteiger partial charge in [0.2, 0.25) is 15.9 Å². The van der Waals surface area contributed by atoms with Crippen LogP contribution in [0.1, 0.15) is 35.1 Å². The van der Waals surface area contributed by atoms with Gasteiger partial charge in [0, 0.05) is 30.3 Å². The summed E-state index contributed by atoms with van der Waals surface area (Å²) in [5.74, 6) is -0.106. The molecule has 1 amide bonds. The van der Waals surface area contributed by atoms with Gasteiger partial charge in [-0.1, -0.05) is 35.9 Å². The Morgan fingerprint density at radius 1 is 1.09 bits per heavy atom. The predicted molar refractivity (Wildman–Crippen MR) is 131 cm³/mol. The topological polar surface area (TPSA) is 66.5 Å². The molecule has 1 saturated heterocycles. The molecule has 32 heavy (non-hydrogen) atoms. The minimum absolute atomic E-state index is 0.0317. The molecule has 7 heteroatoms. The lowest BCUT2D eigenvalue weighted by atomic mass is 9.97. The Kier molecular flexibility index (Phi) is 6.70. The van der Waals surface area contributed by atoms with E-state index in [2.05, 4.69) is 22.8 Å². The van der Waals surface area contributed by atoms with Crippen molar-refractivity contribution >= 4 is 37.4 Å². The van der Waals surface area contributed by atoms with Crippen LogP contribution in [0.5, 0.6) is 0 Å². The van der Waals surface area contributed by atoms with Crippen molar-refractivity contribution in [1.82, 2.24) is 9.62 Å². The van der Waals surface area contributed by atoms with E-state index >= 15 is 0 Å². The maximum Gasteiger partial charge on any atom is 0.243 e. The van der Waals surface area contributed by atoms with Crippen molar-refractivity contribution in [3.8, 4) is 0 Å². The summed E-state index contributed by atoms with van der Waals surface area (Å²) in [5.41, 5.74) is 3.88. The van der Waals surface area contributed by atoms with E-state index in [9.17, 15) is 13.2 Å². The molecule has 1 aliphatic heterocycles. The van der Waals surface area contributed by atoms with Crippen molar-refractivity contribution in [2.45, 2.75) is 44.9 Å². The third-order valence-electron chi connectivity index (χ3n) is 6.28. The Labute approximate surface area is 194 Å². The molecule has 0 bridgehead atoms. The van der Waals surface area contributed by atoms with E-state index in [0.29, 0.717) is 37.4 Å². The molecule has 2 aromatic carbocycles. The number of piperidine rings is 1. The second-order valence-corrected chi connectivity index (χ2v) is 11.5. The van der Waals surface area contributed by atoms with E-state index < -0.39 is 10.0 Å². The van der Waals surface area contributed by atoms with Crippen molar-refractivity contribution in [2.75, 3.05) is 19.6 Å². The first-order valence-corrected chi connectivity index (χ1v) is 13.4. The van der Waals surface area contributed by atoms with E-state index in [1.807, 2.05) is 45.0 Å². The maximum atomic E-state index is 13.3. The molecule has 0 spiro atoms. The number of benzene rings is 2. The number of thiophene rings is 1. The van der Waals surface area contributed by atoms with Crippen LogP contribution in [0.3, 0.4) is 0 Å². The zero-order valence-electron chi connectivity index (χ0n) is 18.8. The van der Waals surface area contributed by atoms with Crippen molar-refractivity contribution < 1.29 is 13.2 Å². The van der Waals surface area contributed by atoms with Gasteiger partial charge in [-0.15, -0.1) is 11.3 Å². The van der Waals surface area contributed by atoms with Crippen LogP contribution in [-0.4, -0.2) is 38.3 Å². The largest absolute Gasteiger partial charge is 0.356 e. The number of nitrogens with zero attached hydrogens (tertiary/aromatic N) is 1. The maximum absolute atomic E-state index is 13.3. The van der Waals surface area contributed by atoms with Crippen molar-refractivity contribution in [3.63, 3.8) is 0 Å². The lowest BCUT2D eigenvalue weighted by Crippen LogP contribution is -2.43. The van der Waals surface area contributed by atoms with E-state index in [1.54, 1.807) is 15.6 Å². The second-order valence-electron chi connectivity index (χ2n) is 8.70. The third kappa shape index (κ3) is 4.60. The molecule has 1 aliphatic rings. The summed E-state index contributed by atoms with van der Waals surface area (Å²) in [7, 11) is -3.55. The van der Waals surface area contributed by atoms with E-state index in [-0.39, 0.29) is 11.8 Å². The summed E-state index contributed by atoms with van der Waals surface area (Å²) >= 11 is 1.73. The molecule has 0 atom stereocenters. The Balaban J connectivity index is 1.33. The molecule has 0 unspecified atom stereocenters. The number of hydrogen-bond donors (Lipinski definition) is 1. The van der Waals surface area contributed by atoms with Crippen LogP contribution in [0.4, 0.5) is 0 Å². The van der Waals surface area contributed by atoms with Crippen LogP contribution in [0.25, 0.3) is 10.1 Å². The lowest BCUT2D eigenvalue weighted by Gasteiger charge is -2.31. The van der Waals surface area contributed by atoms with Crippen LogP contribution >= 0.6 is 11.3 Å². The first-order chi connectivity index (χ1) is 15.3. The standard InChI is InChI=1S/C25H30N2O3S2/c1-17-14-18(2)24(19(3)15-17)32(29,30)27-12-9-20(10-13-27)25(28)26-11-8-21-16-31-23-7-5-4-6-22(21)23/h4-7,14-16,20H,8-13H2,1-3H3,(H,26,28). The summed E-state index contributed by atoms with van der Waals surface area (Å²) in [6.45, 7) is 7.03. The van der Waals surface area contributed by atoms with Gasteiger partial charge < -0.3 is 5.32 Å². The summed E-state index contributed by atoms with van der Waals surface area (Å²) in [6.07, 6.45) is 1.90. The molecular weight excluding hydrogens is 440 g/mol. The number of rotatable bonds is 6. The fraction of sp³-hybridized carbons (Fsp3) is 0.400. The number of amides is 1. The second kappa shape index (κ2) is 9.33. The number of carbonyl (C=O) groups is 1. The van der Waals surface area contributed by atoms with Crippen LogP contribution in [-0.2, 0) is 21.2 Å². The Hall–Kier alpha value is -2.22. The molecule has 2 heterocycles. The first-order valence-electron chi connectivity index (χ1n) is 11.1. The van der Waals surface area contributed by atoms with Gasteiger partial charge in [0.15, 0.2) is 0 Å². The van der Waals surface area contributed by atoms with Gasteiger partial charge in [-0.25, -0.2) is 8.42 Å². The molecule has 0 aliphatic carbocycles. The van der Waals surface area contributed by atoms with Gasteiger partial charge in [-0.2, -0.15) is 4.31 Å². The van der Waals surface area contributed by atoms with Crippen LogP contribution < -0.4 is 5.32 Å². The molecule has 4 rings (SSSR count). The van der Waals surface area contributed by atoms with Crippen molar-refractivity contribution in [2.24, 2.45) is 5.92 Å². The molecule has 5 nitrogen and oxygen atoms in total. The average Bonchev–Trinajstić information content (AvgIpc) is 3.16. The van der Waals surface area contributed by atoms with Crippen LogP contribution in [0.2, 0.25) is 0 Å². The molecule has 0 saturated carbocycles. The highest BCUT2D eigenvalue weighted by Crippen LogP contribution is 2.29. The van der Waals surface area contributed by atoms with Crippen molar-refractivity contribution in [1.29, 1.82) is 0 Å². The lowest BCUT2D eigenvalue weighted by molar-refractivity contribution is -0.126. The molecule has 1 N–H and O–H groups in total. The minimum Gasteiger partial charge on any atom is -0.356 e. The quantitative estimate of drug-likeness (QED) is 0.573. The van der Waals surface area contributed by atoms with Gasteiger partial charge in [0.1, 0.15) is 0 Å². The smallest absolute Gasteiger partial charge is 0.243 e. The van der Waals surface area contributed by atoms with Gasteiger partial charge in [0.05, 0.1) is 4.90 Å². The fourth-order valence-electron chi connectivity index (χ4n) is 4.75. The normalized spacial score (nSPS) is 15.8. The molecule has 3 aromatic rings. The zero-order chi connectivity index (χ0) is 22.9. The van der Waals surface area contributed by atoms with Crippen molar-refractivity contribution in [3.05, 3.63) is 64.0 Å². The van der Waals surface area contributed by atoms with Gasteiger partial charge >= 0.3 is 0 Å². The van der Waals surface area contributed by atoms with Crippen LogP contribution in [0, 0.1) is 26.7 Å². The van der Waals surface area contributed by atoms with Crippen LogP contribution in [0.15, 0.2) is 46.7 Å². The molecule has 1 aromatic heterocycles. The Bertz CT molecular complexity index is 1220. The van der Waals surface area contributed by atoms with Gasteiger partial charge in [-0.05, 0) is 73.6 Å². The molecule has 0 radical (unpaired) electrons. The van der Waals surface area contributed by atoms with E-state index in [1.165, 1.54) is 15.6 Å². The Morgan fingerprint density at radius 2 is 1.75 bits per heavy atom. The summed E-state index contributed by atoms with van der Waals surface area (Å²) in [5, 5.41) is 6.48.